The first-order valence-corrected chi connectivity index (χ1v) is 7.13. The largest absolute Gasteiger partial charge is 0.466 e. The van der Waals surface area contributed by atoms with Crippen molar-refractivity contribution in [1.29, 1.82) is 5.26 Å². The van der Waals surface area contributed by atoms with Crippen molar-refractivity contribution < 1.29 is 17.9 Å². The van der Waals surface area contributed by atoms with Gasteiger partial charge in [-0.1, -0.05) is 0 Å². The van der Waals surface area contributed by atoms with E-state index in [2.05, 4.69) is 0 Å². The lowest BCUT2D eigenvalue weighted by atomic mass is 10.0. The van der Waals surface area contributed by atoms with Crippen LogP contribution in [-0.2, 0) is 19.6 Å². The molecule has 6 nitrogen and oxygen atoms in total. The summed E-state index contributed by atoms with van der Waals surface area (Å²) in [5, 5.41) is 8.44. The minimum absolute atomic E-state index is 0.128. The highest BCUT2D eigenvalue weighted by atomic mass is 32.2. The maximum Gasteiger partial charge on any atom is 0.310 e. The van der Waals surface area contributed by atoms with E-state index in [9.17, 15) is 13.2 Å². The van der Waals surface area contributed by atoms with Gasteiger partial charge in [0.25, 0.3) is 0 Å². The van der Waals surface area contributed by atoms with Crippen LogP contribution in [0.3, 0.4) is 0 Å². The van der Waals surface area contributed by atoms with Gasteiger partial charge in [0.05, 0.1) is 18.6 Å². The number of ether oxygens (including phenoxy) is 1. The summed E-state index contributed by atoms with van der Waals surface area (Å²) in [7, 11) is -3.55. The molecule has 1 atom stereocenters. The van der Waals surface area contributed by atoms with Crippen molar-refractivity contribution >= 4 is 16.0 Å². The first-order chi connectivity index (χ1) is 8.01. The van der Waals surface area contributed by atoms with Gasteiger partial charge in [-0.2, -0.15) is 5.26 Å². The third-order valence-corrected chi connectivity index (χ3v) is 4.26. The van der Waals surface area contributed by atoms with Crippen molar-refractivity contribution in [3.63, 3.8) is 0 Å². The Hall–Kier alpha value is -1.13. The third kappa shape index (κ3) is 3.68. The molecule has 0 radical (unpaired) electrons. The highest BCUT2D eigenvalue weighted by molar-refractivity contribution is 7.89. The zero-order valence-corrected chi connectivity index (χ0v) is 10.6. The number of nitrogens with zero attached hydrogens (tertiary/aromatic N) is 2. The Morgan fingerprint density at radius 3 is 2.88 bits per heavy atom. The van der Waals surface area contributed by atoms with Crippen LogP contribution < -0.4 is 0 Å². The number of hydrogen-bond acceptors (Lipinski definition) is 5. The van der Waals surface area contributed by atoms with Gasteiger partial charge in [0, 0.05) is 13.1 Å². The minimum Gasteiger partial charge on any atom is -0.466 e. The summed E-state index contributed by atoms with van der Waals surface area (Å²) in [5.74, 6) is -1.30. The van der Waals surface area contributed by atoms with Gasteiger partial charge >= 0.3 is 5.97 Å². The molecule has 1 heterocycles. The van der Waals surface area contributed by atoms with E-state index in [0.717, 1.165) is 0 Å². The van der Waals surface area contributed by atoms with Crippen LogP contribution in [0.15, 0.2) is 0 Å². The summed E-state index contributed by atoms with van der Waals surface area (Å²) in [6.07, 6.45) is 1.26. The molecule has 96 valence electrons. The zero-order valence-electron chi connectivity index (χ0n) is 9.76. The highest BCUT2D eigenvalue weighted by Crippen LogP contribution is 2.20. The van der Waals surface area contributed by atoms with Gasteiger partial charge < -0.3 is 4.74 Å². The van der Waals surface area contributed by atoms with Crippen molar-refractivity contribution in [2.75, 3.05) is 25.4 Å². The molecule has 1 rings (SSSR count). The fourth-order valence-electron chi connectivity index (χ4n) is 1.82. The second-order valence-electron chi connectivity index (χ2n) is 3.86. The zero-order chi connectivity index (χ0) is 12.9. The fraction of sp³-hybridized carbons (Fsp3) is 0.800. The quantitative estimate of drug-likeness (QED) is 0.670. The Balaban J connectivity index is 2.67. The van der Waals surface area contributed by atoms with Crippen LogP contribution in [0.4, 0.5) is 0 Å². The number of sulfonamides is 1. The first kappa shape index (κ1) is 13.9. The Labute approximate surface area is 101 Å². The summed E-state index contributed by atoms with van der Waals surface area (Å²) < 4.78 is 29.4. The fourth-order valence-corrected chi connectivity index (χ4v) is 2.98. The number of carbonyl (C=O) groups excluding carboxylic acids is 1. The van der Waals surface area contributed by atoms with E-state index in [0.29, 0.717) is 26.0 Å². The molecule has 0 unspecified atom stereocenters. The summed E-state index contributed by atoms with van der Waals surface area (Å²) >= 11 is 0. The maximum atomic E-state index is 11.7. The lowest BCUT2D eigenvalue weighted by molar-refractivity contribution is -0.149. The Bertz CT molecular complexity index is 413. The molecule has 0 aromatic rings. The van der Waals surface area contributed by atoms with E-state index >= 15 is 0 Å². The summed E-state index contributed by atoms with van der Waals surface area (Å²) in [4.78, 5) is 11.5. The molecule has 1 aliphatic rings. The molecule has 1 saturated heterocycles. The smallest absolute Gasteiger partial charge is 0.310 e. The van der Waals surface area contributed by atoms with E-state index < -0.39 is 21.7 Å². The summed E-state index contributed by atoms with van der Waals surface area (Å²) in [6, 6.07) is 1.63. The standard InChI is InChI=1S/C10H16N2O4S/c1-2-16-10(13)9-4-3-6-12(8-9)17(14,15)7-5-11/h9H,2-4,6-8H2,1H3/t9-/m0/s1. The predicted octanol–water partition coefficient (Wildman–Crippen LogP) is 0.115. The van der Waals surface area contributed by atoms with Gasteiger partial charge in [0.1, 0.15) is 0 Å². The molecule has 17 heavy (non-hydrogen) atoms. The molecule has 1 fully saturated rings. The molecule has 0 spiro atoms. The number of rotatable bonds is 4. The van der Waals surface area contributed by atoms with Gasteiger partial charge in [-0.05, 0) is 19.8 Å². The monoisotopic (exact) mass is 260 g/mol. The van der Waals surface area contributed by atoms with E-state index in [1.165, 1.54) is 4.31 Å². The van der Waals surface area contributed by atoms with Gasteiger partial charge in [-0.3, -0.25) is 4.79 Å². The molecule has 0 N–H and O–H groups in total. The Morgan fingerprint density at radius 1 is 1.59 bits per heavy atom. The molecule has 0 aliphatic carbocycles. The van der Waals surface area contributed by atoms with Crippen LogP contribution in [0.2, 0.25) is 0 Å². The second-order valence-corrected chi connectivity index (χ2v) is 5.83. The van der Waals surface area contributed by atoms with Gasteiger partial charge in [-0.15, -0.1) is 0 Å². The molecule has 0 aromatic carbocycles. The minimum atomic E-state index is -3.55. The maximum absolute atomic E-state index is 11.7. The second kappa shape index (κ2) is 5.98. The highest BCUT2D eigenvalue weighted by Gasteiger charge is 2.32. The number of nitriles is 1. The van der Waals surface area contributed by atoms with E-state index in [1.807, 2.05) is 0 Å². The normalized spacial score (nSPS) is 21.8. The van der Waals surface area contributed by atoms with Crippen molar-refractivity contribution in [2.45, 2.75) is 19.8 Å². The van der Waals surface area contributed by atoms with Gasteiger partial charge in [-0.25, -0.2) is 12.7 Å². The Kier molecular flexibility index (Phi) is 4.90. The molecule has 0 bridgehead atoms. The van der Waals surface area contributed by atoms with Crippen LogP contribution in [0, 0.1) is 17.2 Å². The van der Waals surface area contributed by atoms with Crippen LogP contribution in [0.1, 0.15) is 19.8 Å². The average molecular weight is 260 g/mol. The lowest BCUT2D eigenvalue weighted by Gasteiger charge is -2.29. The van der Waals surface area contributed by atoms with Gasteiger partial charge in [0.2, 0.25) is 10.0 Å². The summed E-state index contributed by atoms with van der Waals surface area (Å²) in [6.45, 7) is 2.51. The number of hydrogen-bond donors (Lipinski definition) is 0. The van der Waals surface area contributed by atoms with E-state index in [4.69, 9.17) is 10.00 Å². The molecule has 0 aromatic heterocycles. The number of carbonyl (C=O) groups is 1. The number of piperidine rings is 1. The topological polar surface area (TPSA) is 87.5 Å². The van der Waals surface area contributed by atoms with E-state index in [-0.39, 0.29) is 12.5 Å². The number of esters is 1. The van der Waals surface area contributed by atoms with Crippen molar-refractivity contribution in [3.05, 3.63) is 0 Å². The van der Waals surface area contributed by atoms with Crippen molar-refractivity contribution in [1.82, 2.24) is 4.31 Å². The summed E-state index contributed by atoms with van der Waals surface area (Å²) in [5.41, 5.74) is 0. The third-order valence-electron chi connectivity index (χ3n) is 2.64. The molecule has 0 saturated carbocycles. The van der Waals surface area contributed by atoms with Crippen molar-refractivity contribution in [2.24, 2.45) is 5.92 Å². The van der Waals surface area contributed by atoms with Gasteiger partial charge in [0.15, 0.2) is 5.75 Å². The SMILES string of the molecule is CCOC(=O)[C@H]1CCCN(S(=O)(=O)CC#N)C1. The molecule has 0 amide bonds. The molecule has 1 aliphatic heterocycles. The van der Waals surface area contributed by atoms with Crippen LogP contribution in [-0.4, -0.2) is 44.1 Å². The Morgan fingerprint density at radius 2 is 2.29 bits per heavy atom. The predicted molar refractivity (Wildman–Crippen MR) is 60.3 cm³/mol. The molecular weight excluding hydrogens is 244 g/mol. The first-order valence-electron chi connectivity index (χ1n) is 5.52. The lowest BCUT2D eigenvalue weighted by Crippen LogP contribution is -2.43. The van der Waals surface area contributed by atoms with Crippen LogP contribution >= 0.6 is 0 Å². The van der Waals surface area contributed by atoms with Crippen LogP contribution in [0.5, 0.6) is 0 Å². The van der Waals surface area contributed by atoms with Crippen molar-refractivity contribution in [3.8, 4) is 6.07 Å². The average Bonchev–Trinajstić information content (AvgIpc) is 2.29. The molecular formula is C10H16N2O4S. The molecule has 7 heteroatoms. The van der Waals surface area contributed by atoms with Crippen LogP contribution in [0.25, 0.3) is 0 Å². The van der Waals surface area contributed by atoms with E-state index in [1.54, 1.807) is 13.0 Å².